The maximum absolute atomic E-state index is 13.3. The number of ketones is 1. The minimum absolute atomic E-state index is 0.0203. The maximum atomic E-state index is 13.3. The van der Waals surface area contributed by atoms with Crippen LogP contribution in [0.2, 0.25) is 0 Å². The number of ether oxygens (including phenoxy) is 1. The van der Waals surface area contributed by atoms with Gasteiger partial charge in [-0.15, -0.1) is 11.3 Å². The van der Waals surface area contributed by atoms with Crippen molar-refractivity contribution < 1.29 is 24.5 Å². The molecular formula is C27H41NO5S. The number of nitrogens with zero attached hydrogens (tertiary/aromatic N) is 1. The van der Waals surface area contributed by atoms with Gasteiger partial charge in [0.1, 0.15) is 11.9 Å². The molecule has 1 aliphatic rings. The molecule has 1 unspecified atom stereocenters. The Morgan fingerprint density at radius 3 is 2.62 bits per heavy atom. The van der Waals surface area contributed by atoms with Gasteiger partial charge in [-0.2, -0.15) is 0 Å². The van der Waals surface area contributed by atoms with Crippen molar-refractivity contribution in [1.29, 1.82) is 0 Å². The molecule has 2 rings (SSSR count). The zero-order valence-electron chi connectivity index (χ0n) is 21.4. The summed E-state index contributed by atoms with van der Waals surface area (Å²) in [6.07, 6.45) is 7.88. The van der Waals surface area contributed by atoms with E-state index in [0.717, 1.165) is 35.5 Å². The molecule has 0 aromatic carbocycles. The van der Waals surface area contributed by atoms with E-state index < -0.39 is 35.4 Å². The summed E-state index contributed by atoms with van der Waals surface area (Å²) < 4.78 is 5.86. The number of carbonyl (C=O) groups excluding carboxylic acids is 2. The lowest BCUT2D eigenvalue weighted by atomic mass is 9.69. The molecule has 0 fully saturated rings. The summed E-state index contributed by atoms with van der Waals surface area (Å²) in [7, 11) is 0. The number of aromatic nitrogens is 1. The first-order chi connectivity index (χ1) is 16.0. The highest BCUT2D eigenvalue weighted by Gasteiger charge is 2.42. The molecule has 1 aromatic rings. The van der Waals surface area contributed by atoms with Crippen molar-refractivity contribution in [3.05, 3.63) is 33.8 Å². The average Bonchev–Trinajstić information content (AvgIpc) is 3.20. The fourth-order valence-electron chi connectivity index (χ4n) is 4.56. The topological polar surface area (TPSA) is 96.7 Å². The quantitative estimate of drug-likeness (QED) is 0.450. The number of carbonyl (C=O) groups is 2. The van der Waals surface area contributed by atoms with Crippen molar-refractivity contribution >= 4 is 29.2 Å². The van der Waals surface area contributed by atoms with Crippen LogP contribution in [0.5, 0.6) is 0 Å². The lowest BCUT2D eigenvalue weighted by Crippen LogP contribution is -2.44. The zero-order valence-corrected chi connectivity index (χ0v) is 22.2. The number of rotatable bonds is 3. The van der Waals surface area contributed by atoms with E-state index in [0.29, 0.717) is 6.42 Å². The summed E-state index contributed by atoms with van der Waals surface area (Å²) in [5.41, 5.74) is 0.753. The van der Waals surface area contributed by atoms with Gasteiger partial charge in [0, 0.05) is 35.7 Å². The lowest BCUT2D eigenvalue weighted by Gasteiger charge is -2.36. The molecule has 0 bridgehead atoms. The fourth-order valence-corrected chi connectivity index (χ4v) is 5.13. The molecule has 6 nitrogen and oxygen atoms in total. The number of hydrogen-bond donors (Lipinski definition) is 2. The first kappa shape index (κ1) is 28.4. The molecule has 34 heavy (non-hydrogen) atoms. The Morgan fingerprint density at radius 2 is 2.00 bits per heavy atom. The molecule has 1 aromatic heterocycles. The normalized spacial score (nSPS) is 31.2. The molecule has 190 valence electrons. The predicted octanol–water partition coefficient (Wildman–Crippen LogP) is 5.12. The number of Topliss-reactive ketones (excluding diaryl/α,β-unsaturated/α-hetero) is 1. The van der Waals surface area contributed by atoms with Gasteiger partial charge < -0.3 is 14.9 Å². The number of aryl methyl sites for hydroxylation is 1. The second kappa shape index (κ2) is 12.8. The van der Waals surface area contributed by atoms with Crippen LogP contribution in [0.25, 0.3) is 6.08 Å². The van der Waals surface area contributed by atoms with Crippen molar-refractivity contribution in [1.82, 2.24) is 4.98 Å². The van der Waals surface area contributed by atoms with Crippen LogP contribution in [0.3, 0.4) is 0 Å². The number of aliphatic hydroxyl groups excluding tert-OH is 2. The molecule has 0 aliphatic carbocycles. The molecule has 0 amide bonds. The van der Waals surface area contributed by atoms with E-state index in [4.69, 9.17) is 4.74 Å². The summed E-state index contributed by atoms with van der Waals surface area (Å²) >= 11 is 1.57. The molecule has 0 radical (unpaired) electrons. The Bertz CT molecular complexity index is 887. The monoisotopic (exact) mass is 491 g/mol. The molecule has 0 saturated heterocycles. The highest BCUT2D eigenvalue weighted by molar-refractivity contribution is 7.09. The van der Waals surface area contributed by atoms with Crippen LogP contribution in [0.15, 0.2) is 23.1 Å². The van der Waals surface area contributed by atoms with Gasteiger partial charge >= 0.3 is 5.97 Å². The molecule has 7 heteroatoms. The van der Waals surface area contributed by atoms with Gasteiger partial charge in [-0.05, 0) is 50.7 Å². The van der Waals surface area contributed by atoms with Crippen LogP contribution in [0.1, 0.15) is 77.4 Å². The van der Waals surface area contributed by atoms with Crippen molar-refractivity contribution in [2.75, 3.05) is 6.61 Å². The summed E-state index contributed by atoms with van der Waals surface area (Å²) in [4.78, 5) is 30.7. The van der Waals surface area contributed by atoms with Crippen molar-refractivity contribution in [2.45, 2.75) is 85.9 Å². The number of hydrogen-bond acceptors (Lipinski definition) is 7. The van der Waals surface area contributed by atoms with E-state index in [9.17, 15) is 19.8 Å². The Morgan fingerprint density at radius 1 is 1.29 bits per heavy atom. The van der Waals surface area contributed by atoms with Crippen molar-refractivity contribution in [3.8, 4) is 0 Å². The number of aliphatic hydroxyl groups is 2. The van der Waals surface area contributed by atoms with Gasteiger partial charge in [0.2, 0.25) is 0 Å². The highest BCUT2D eigenvalue weighted by atomic mass is 32.1. The van der Waals surface area contributed by atoms with E-state index >= 15 is 0 Å². The van der Waals surface area contributed by atoms with Gasteiger partial charge in [-0.3, -0.25) is 9.59 Å². The van der Waals surface area contributed by atoms with E-state index in [1.54, 1.807) is 32.1 Å². The van der Waals surface area contributed by atoms with Crippen LogP contribution in [0.4, 0.5) is 0 Å². The Kier molecular flexibility index (Phi) is 10.7. The van der Waals surface area contributed by atoms with Gasteiger partial charge in [0.15, 0.2) is 0 Å². The molecule has 5 atom stereocenters. The number of esters is 1. The highest BCUT2D eigenvalue weighted by Crippen LogP contribution is 2.36. The smallest absolute Gasteiger partial charge is 0.306 e. The number of cyclic esters (lactones) is 1. The minimum atomic E-state index is -0.983. The fraction of sp³-hybridized carbons (Fsp3) is 0.667. The van der Waals surface area contributed by atoms with Gasteiger partial charge in [-0.1, -0.05) is 39.8 Å². The lowest BCUT2D eigenvalue weighted by molar-refractivity contribution is -0.152. The maximum Gasteiger partial charge on any atom is 0.306 e. The summed E-state index contributed by atoms with van der Waals surface area (Å²) in [5.74, 6) is -1.80. The standard InChI is InChI=1S/C27H41NO5S/c1-17-11-9-7-8-10-12-23(18(2)13-22-16-34-20(4)28-22)33-24(30)14-21(15-29)27(5,6)26(32)19(3)25(17)31/h8,10,13,16-17,19,21,23,25,29,31H,7,9,11-12,14-15H2,1-6H3/b10-8-,18-13+/t17-,19+,21?,23-,25-/m0/s1. The second-order valence-corrected chi connectivity index (χ2v) is 11.3. The number of thiazole rings is 1. The minimum Gasteiger partial charge on any atom is -0.457 e. The van der Waals surface area contributed by atoms with Crippen LogP contribution >= 0.6 is 11.3 Å². The molecule has 2 N–H and O–H groups in total. The largest absolute Gasteiger partial charge is 0.457 e. The molecule has 1 aliphatic heterocycles. The second-order valence-electron chi connectivity index (χ2n) is 10.2. The van der Waals surface area contributed by atoms with Crippen molar-refractivity contribution in [2.24, 2.45) is 23.2 Å². The van der Waals surface area contributed by atoms with Crippen LogP contribution in [0, 0.1) is 30.1 Å². The third kappa shape index (κ3) is 7.59. The Balaban J connectivity index is 2.32. The van der Waals surface area contributed by atoms with Crippen LogP contribution in [-0.4, -0.2) is 45.8 Å². The van der Waals surface area contributed by atoms with E-state index in [1.807, 2.05) is 38.3 Å². The van der Waals surface area contributed by atoms with Gasteiger partial charge in [0.25, 0.3) is 0 Å². The summed E-state index contributed by atoms with van der Waals surface area (Å²) in [6.45, 7) is 10.8. The first-order valence-corrected chi connectivity index (χ1v) is 13.1. The summed E-state index contributed by atoms with van der Waals surface area (Å²) in [5, 5.41) is 23.8. The van der Waals surface area contributed by atoms with E-state index in [2.05, 4.69) is 11.1 Å². The van der Waals surface area contributed by atoms with Gasteiger partial charge in [-0.25, -0.2) is 4.98 Å². The average molecular weight is 492 g/mol. The molecule has 2 heterocycles. The van der Waals surface area contributed by atoms with E-state index in [1.165, 1.54) is 0 Å². The predicted molar refractivity (Wildman–Crippen MR) is 136 cm³/mol. The van der Waals surface area contributed by atoms with Crippen LogP contribution < -0.4 is 0 Å². The molecule has 0 spiro atoms. The Hall–Kier alpha value is -1.83. The van der Waals surface area contributed by atoms with Crippen LogP contribution in [-0.2, 0) is 14.3 Å². The molecular weight excluding hydrogens is 450 g/mol. The SMILES string of the molecule is C/C(=C\c1csc(C)n1)[C@@H]1C/C=C\CCC[C@H](C)[C@H](O)[C@@H](C)C(=O)C(C)(C)C(CO)CC(=O)O1. The first-order valence-electron chi connectivity index (χ1n) is 12.2. The third-order valence-electron chi connectivity index (χ3n) is 7.14. The zero-order chi connectivity index (χ0) is 25.5. The number of allylic oxidation sites excluding steroid dienone is 1. The Labute approximate surface area is 208 Å². The third-order valence-corrected chi connectivity index (χ3v) is 7.93. The molecule has 0 saturated carbocycles. The summed E-state index contributed by atoms with van der Waals surface area (Å²) in [6, 6.07) is 0. The van der Waals surface area contributed by atoms with Gasteiger partial charge in [0.05, 0.1) is 23.2 Å². The van der Waals surface area contributed by atoms with E-state index in [-0.39, 0.29) is 24.7 Å². The van der Waals surface area contributed by atoms with Crippen molar-refractivity contribution in [3.63, 3.8) is 0 Å².